The van der Waals surface area contributed by atoms with Gasteiger partial charge in [0.2, 0.25) is 0 Å². The molecule has 0 aliphatic heterocycles. The lowest BCUT2D eigenvalue weighted by Crippen LogP contribution is -2.32. The molecule has 0 spiro atoms. The summed E-state index contributed by atoms with van der Waals surface area (Å²) in [5.74, 6) is 6.67. The van der Waals surface area contributed by atoms with Gasteiger partial charge in [-0.3, -0.25) is 5.01 Å². The van der Waals surface area contributed by atoms with E-state index < -0.39 is 0 Å². The highest BCUT2D eigenvalue weighted by Gasteiger charge is 2.02. The Morgan fingerprint density at radius 1 is 1.38 bits per heavy atom. The van der Waals surface area contributed by atoms with E-state index in [-0.39, 0.29) is 0 Å². The van der Waals surface area contributed by atoms with Crippen LogP contribution in [0.1, 0.15) is 24.6 Å². The molecule has 0 saturated carbocycles. The number of pyridine rings is 1. The summed E-state index contributed by atoms with van der Waals surface area (Å²) in [4.78, 5) is 4.35. The maximum atomic E-state index is 5.81. The third kappa shape index (κ3) is 2.70. The molecule has 0 aliphatic carbocycles. The molecule has 3 nitrogen and oxygen atoms in total. The van der Waals surface area contributed by atoms with Gasteiger partial charge in [-0.15, -0.1) is 0 Å². The quantitative estimate of drug-likeness (QED) is 0.568. The third-order valence-corrected chi connectivity index (χ3v) is 1.84. The number of hydrogen-bond donors (Lipinski definition) is 1. The predicted octanol–water partition coefficient (Wildman–Crippen LogP) is 1.79. The first-order chi connectivity index (χ1) is 6.13. The number of anilines is 1. The van der Waals surface area contributed by atoms with E-state index in [0.717, 1.165) is 24.5 Å². The van der Waals surface area contributed by atoms with Crippen molar-refractivity contribution in [2.24, 2.45) is 5.84 Å². The van der Waals surface area contributed by atoms with Crippen LogP contribution in [0, 0.1) is 13.8 Å². The number of rotatable bonds is 3. The molecule has 0 aromatic carbocycles. The molecule has 0 unspecified atom stereocenters. The summed E-state index contributed by atoms with van der Waals surface area (Å²) in [6.07, 6.45) is 1.03. The maximum absolute atomic E-state index is 5.81. The van der Waals surface area contributed by atoms with Gasteiger partial charge in [-0.2, -0.15) is 0 Å². The number of nitrogens with two attached hydrogens (primary N) is 1. The standard InChI is InChI=1S/C10H17N3/c1-4-5-13(11)10-7-8(2)6-9(3)12-10/h6-7H,4-5,11H2,1-3H3. The van der Waals surface area contributed by atoms with Gasteiger partial charge in [0, 0.05) is 12.2 Å². The average Bonchev–Trinajstić information content (AvgIpc) is 2.03. The zero-order chi connectivity index (χ0) is 9.84. The number of hydrogen-bond acceptors (Lipinski definition) is 3. The lowest BCUT2D eigenvalue weighted by atomic mass is 10.2. The lowest BCUT2D eigenvalue weighted by Gasteiger charge is -2.17. The number of aromatic nitrogens is 1. The fraction of sp³-hybridized carbons (Fsp3) is 0.500. The van der Waals surface area contributed by atoms with Gasteiger partial charge in [-0.1, -0.05) is 6.92 Å². The van der Waals surface area contributed by atoms with Crippen LogP contribution in [-0.4, -0.2) is 11.5 Å². The Morgan fingerprint density at radius 3 is 2.62 bits per heavy atom. The first kappa shape index (κ1) is 9.99. The first-order valence-corrected chi connectivity index (χ1v) is 4.61. The van der Waals surface area contributed by atoms with Crippen molar-refractivity contribution >= 4 is 5.82 Å². The molecule has 72 valence electrons. The SMILES string of the molecule is CCCN(N)c1cc(C)cc(C)n1. The van der Waals surface area contributed by atoms with Gasteiger partial charge >= 0.3 is 0 Å². The predicted molar refractivity (Wildman–Crippen MR) is 55.5 cm³/mol. The van der Waals surface area contributed by atoms with E-state index in [1.54, 1.807) is 5.01 Å². The van der Waals surface area contributed by atoms with Crippen LogP contribution in [0.15, 0.2) is 12.1 Å². The fourth-order valence-corrected chi connectivity index (χ4v) is 1.32. The summed E-state index contributed by atoms with van der Waals surface area (Å²) in [5, 5.41) is 1.69. The van der Waals surface area contributed by atoms with Crippen molar-refractivity contribution in [3.63, 3.8) is 0 Å². The molecule has 3 heteroatoms. The summed E-state index contributed by atoms with van der Waals surface area (Å²) in [6.45, 7) is 6.98. The van der Waals surface area contributed by atoms with E-state index in [1.165, 1.54) is 5.56 Å². The fourth-order valence-electron chi connectivity index (χ4n) is 1.32. The Labute approximate surface area is 79.5 Å². The number of hydrazine groups is 1. The molecule has 0 fully saturated rings. The van der Waals surface area contributed by atoms with Crippen LogP contribution in [-0.2, 0) is 0 Å². The Kier molecular flexibility index (Phi) is 3.25. The molecular weight excluding hydrogens is 162 g/mol. The molecule has 0 bridgehead atoms. The highest BCUT2D eigenvalue weighted by Crippen LogP contribution is 2.11. The normalized spacial score (nSPS) is 10.2. The largest absolute Gasteiger partial charge is 0.295 e. The molecule has 1 aromatic rings. The zero-order valence-corrected chi connectivity index (χ0v) is 8.54. The van der Waals surface area contributed by atoms with Crippen LogP contribution in [0.3, 0.4) is 0 Å². The summed E-state index contributed by atoms with van der Waals surface area (Å²) in [5.41, 5.74) is 2.22. The molecule has 0 atom stereocenters. The Morgan fingerprint density at radius 2 is 2.08 bits per heavy atom. The third-order valence-electron chi connectivity index (χ3n) is 1.84. The Hall–Kier alpha value is -1.09. The molecule has 0 aliphatic rings. The van der Waals surface area contributed by atoms with Crippen molar-refractivity contribution in [1.29, 1.82) is 0 Å². The van der Waals surface area contributed by atoms with E-state index in [4.69, 9.17) is 5.84 Å². The second kappa shape index (κ2) is 4.23. The molecular formula is C10H17N3. The smallest absolute Gasteiger partial charge is 0.143 e. The number of aryl methyl sites for hydroxylation is 2. The van der Waals surface area contributed by atoms with Gasteiger partial charge < -0.3 is 0 Å². The summed E-state index contributed by atoms with van der Waals surface area (Å²) in [6, 6.07) is 4.05. The van der Waals surface area contributed by atoms with E-state index in [1.807, 2.05) is 19.1 Å². The Balaban J connectivity index is 2.87. The molecule has 1 aromatic heterocycles. The minimum Gasteiger partial charge on any atom is -0.295 e. The van der Waals surface area contributed by atoms with Crippen molar-refractivity contribution in [2.45, 2.75) is 27.2 Å². The van der Waals surface area contributed by atoms with Gasteiger partial charge in [0.05, 0.1) is 0 Å². The van der Waals surface area contributed by atoms with Crippen LogP contribution < -0.4 is 10.9 Å². The van der Waals surface area contributed by atoms with E-state index in [0.29, 0.717) is 0 Å². The minimum absolute atomic E-state index is 0.843. The van der Waals surface area contributed by atoms with Crippen molar-refractivity contribution in [3.8, 4) is 0 Å². The van der Waals surface area contributed by atoms with Crippen molar-refractivity contribution in [1.82, 2.24) is 4.98 Å². The minimum atomic E-state index is 0.843. The van der Waals surface area contributed by atoms with Crippen molar-refractivity contribution < 1.29 is 0 Å². The van der Waals surface area contributed by atoms with Gasteiger partial charge in [-0.05, 0) is 38.0 Å². The molecule has 0 radical (unpaired) electrons. The summed E-state index contributed by atoms with van der Waals surface area (Å²) < 4.78 is 0. The van der Waals surface area contributed by atoms with Crippen molar-refractivity contribution in [3.05, 3.63) is 23.4 Å². The number of nitrogens with zero attached hydrogens (tertiary/aromatic N) is 2. The highest BCUT2D eigenvalue weighted by atomic mass is 15.4. The second-order valence-electron chi connectivity index (χ2n) is 3.34. The topological polar surface area (TPSA) is 42.1 Å². The molecule has 1 heterocycles. The first-order valence-electron chi connectivity index (χ1n) is 4.61. The molecule has 0 saturated heterocycles. The van der Waals surface area contributed by atoms with Gasteiger partial charge in [0.1, 0.15) is 5.82 Å². The molecule has 2 N–H and O–H groups in total. The van der Waals surface area contributed by atoms with E-state index in [9.17, 15) is 0 Å². The van der Waals surface area contributed by atoms with Gasteiger partial charge in [0.25, 0.3) is 0 Å². The van der Waals surface area contributed by atoms with Crippen LogP contribution >= 0.6 is 0 Å². The summed E-state index contributed by atoms with van der Waals surface area (Å²) in [7, 11) is 0. The summed E-state index contributed by atoms with van der Waals surface area (Å²) >= 11 is 0. The highest BCUT2D eigenvalue weighted by molar-refractivity contribution is 5.40. The average molecular weight is 179 g/mol. The van der Waals surface area contributed by atoms with E-state index in [2.05, 4.69) is 18.8 Å². The Bertz CT molecular complexity index is 263. The second-order valence-corrected chi connectivity index (χ2v) is 3.34. The monoisotopic (exact) mass is 179 g/mol. The molecule has 1 rings (SSSR count). The van der Waals surface area contributed by atoms with Crippen molar-refractivity contribution in [2.75, 3.05) is 11.6 Å². The lowest BCUT2D eigenvalue weighted by molar-refractivity contribution is 0.788. The van der Waals surface area contributed by atoms with Gasteiger partial charge in [0.15, 0.2) is 0 Å². The van der Waals surface area contributed by atoms with Crippen LogP contribution in [0.25, 0.3) is 0 Å². The van der Waals surface area contributed by atoms with Crippen LogP contribution in [0.2, 0.25) is 0 Å². The van der Waals surface area contributed by atoms with Gasteiger partial charge in [-0.25, -0.2) is 10.8 Å². The van der Waals surface area contributed by atoms with E-state index >= 15 is 0 Å². The molecule has 0 amide bonds. The van der Waals surface area contributed by atoms with Crippen LogP contribution in [0.4, 0.5) is 5.82 Å². The van der Waals surface area contributed by atoms with Crippen LogP contribution in [0.5, 0.6) is 0 Å². The maximum Gasteiger partial charge on any atom is 0.143 e. The molecule has 13 heavy (non-hydrogen) atoms. The zero-order valence-electron chi connectivity index (χ0n) is 8.54.